The molecular weight excluding hydrogens is 428 g/mol. The minimum absolute atomic E-state index is 0.0319. The Bertz CT molecular complexity index is 954. The largest absolute Gasteiger partial charge is 0.345 e. The molecule has 6 heteroatoms. The first kappa shape index (κ1) is 27.0. The predicted molar refractivity (Wildman–Crippen MR) is 133 cm³/mol. The van der Waals surface area contributed by atoms with E-state index >= 15 is 0 Å². The third-order valence-corrected chi connectivity index (χ3v) is 5.66. The van der Waals surface area contributed by atoms with Crippen LogP contribution in [0.4, 0.5) is 0 Å². The van der Waals surface area contributed by atoms with Gasteiger partial charge in [-0.1, -0.05) is 74.0 Å². The molecule has 6 nitrogen and oxygen atoms in total. The molecule has 0 fully saturated rings. The van der Waals surface area contributed by atoms with Gasteiger partial charge in [0.1, 0.15) is 12.3 Å². The van der Waals surface area contributed by atoms with Gasteiger partial charge in [-0.15, -0.1) is 0 Å². The minimum Gasteiger partial charge on any atom is -0.345 e. The summed E-state index contributed by atoms with van der Waals surface area (Å²) in [7, 11) is 0. The minimum atomic E-state index is -0.793. The summed E-state index contributed by atoms with van der Waals surface area (Å²) >= 11 is 0. The van der Waals surface area contributed by atoms with E-state index in [1.807, 2.05) is 75.4 Å². The molecule has 0 aromatic heterocycles. The van der Waals surface area contributed by atoms with E-state index in [4.69, 9.17) is 0 Å². The zero-order valence-corrected chi connectivity index (χ0v) is 20.5. The van der Waals surface area contributed by atoms with Gasteiger partial charge in [0.15, 0.2) is 5.78 Å². The molecule has 3 atom stereocenters. The third-order valence-electron chi connectivity index (χ3n) is 5.66. The number of hydrogen-bond acceptors (Lipinski definition) is 4. The molecule has 0 bridgehead atoms. The molecule has 0 saturated carbocycles. The van der Waals surface area contributed by atoms with E-state index in [0.717, 1.165) is 23.0 Å². The van der Waals surface area contributed by atoms with Crippen molar-refractivity contribution in [3.63, 3.8) is 0 Å². The number of nitrogens with one attached hydrogen (secondary N) is 2. The molecule has 0 aliphatic rings. The summed E-state index contributed by atoms with van der Waals surface area (Å²) in [6.07, 6.45) is 2.09. The maximum atomic E-state index is 13.3. The van der Waals surface area contributed by atoms with Crippen LogP contribution >= 0.6 is 0 Å². The maximum absolute atomic E-state index is 13.3. The van der Waals surface area contributed by atoms with Gasteiger partial charge in [0.25, 0.3) is 0 Å². The smallest absolute Gasteiger partial charge is 0.243 e. The molecule has 0 radical (unpaired) electrons. The number of aldehydes is 1. The highest BCUT2D eigenvalue weighted by atomic mass is 16.2. The Kier molecular flexibility index (Phi) is 10.7. The Morgan fingerprint density at radius 2 is 1.47 bits per heavy atom. The van der Waals surface area contributed by atoms with Crippen molar-refractivity contribution in [2.24, 2.45) is 11.8 Å². The number of Topliss-reactive ketones (excluding diaryl/α,β-unsaturated/α-hetero) is 1. The van der Waals surface area contributed by atoms with Crippen molar-refractivity contribution in [2.75, 3.05) is 0 Å². The van der Waals surface area contributed by atoms with E-state index in [2.05, 4.69) is 10.6 Å². The molecule has 0 aliphatic carbocycles. The molecule has 0 saturated heterocycles. The van der Waals surface area contributed by atoms with Crippen LogP contribution in [0.15, 0.2) is 54.6 Å². The monoisotopic (exact) mass is 464 g/mol. The van der Waals surface area contributed by atoms with Crippen LogP contribution in [0.3, 0.4) is 0 Å². The van der Waals surface area contributed by atoms with Crippen molar-refractivity contribution < 1.29 is 19.2 Å². The molecule has 182 valence electrons. The average molecular weight is 465 g/mol. The molecule has 2 N–H and O–H groups in total. The van der Waals surface area contributed by atoms with E-state index in [0.29, 0.717) is 19.3 Å². The normalized spacial score (nSPS) is 13.6. The van der Waals surface area contributed by atoms with Crippen molar-refractivity contribution in [1.82, 2.24) is 10.6 Å². The van der Waals surface area contributed by atoms with Gasteiger partial charge in [0.2, 0.25) is 11.8 Å². The van der Waals surface area contributed by atoms with Crippen LogP contribution in [0.2, 0.25) is 0 Å². The van der Waals surface area contributed by atoms with Gasteiger partial charge < -0.3 is 15.4 Å². The lowest BCUT2D eigenvalue weighted by Crippen LogP contribution is -2.52. The van der Waals surface area contributed by atoms with Crippen LogP contribution in [0, 0.1) is 18.8 Å². The lowest BCUT2D eigenvalue weighted by molar-refractivity contribution is -0.132. The third kappa shape index (κ3) is 9.30. The zero-order chi connectivity index (χ0) is 25.1. The van der Waals surface area contributed by atoms with Crippen molar-refractivity contribution in [1.29, 1.82) is 0 Å². The van der Waals surface area contributed by atoms with Crippen LogP contribution in [-0.2, 0) is 32.0 Å². The molecule has 34 heavy (non-hydrogen) atoms. The van der Waals surface area contributed by atoms with Crippen LogP contribution in [0.25, 0.3) is 0 Å². The maximum Gasteiger partial charge on any atom is 0.243 e. The van der Waals surface area contributed by atoms with Crippen LogP contribution in [0.5, 0.6) is 0 Å². The fourth-order valence-corrected chi connectivity index (χ4v) is 3.91. The van der Waals surface area contributed by atoms with Crippen molar-refractivity contribution in [3.8, 4) is 0 Å². The Hall–Kier alpha value is -3.28. The van der Waals surface area contributed by atoms with Gasteiger partial charge >= 0.3 is 0 Å². The zero-order valence-electron chi connectivity index (χ0n) is 20.5. The van der Waals surface area contributed by atoms with Gasteiger partial charge in [-0.05, 0) is 43.2 Å². The van der Waals surface area contributed by atoms with Gasteiger partial charge in [-0.25, -0.2) is 0 Å². The number of aryl methyl sites for hydroxylation is 1. The number of carbonyl (C=O) groups excluding carboxylic acids is 4. The lowest BCUT2D eigenvalue weighted by Gasteiger charge is -2.24. The highest BCUT2D eigenvalue weighted by Crippen LogP contribution is 2.15. The van der Waals surface area contributed by atoms with Crippen LogP contribution in [-0.4, -0.2) is 36.0 Å². The van der Waals surface area contributed by atoms with Crippen molar-refractivity contribution in [2.45, 2.75) is 65.5 Å². The first-order valence-corrected chi connectivity index (χ1v) is 11.8. The van der Waals surface area contributed by atoms with Crippen LogP contribution in [0.1, 0.15) is 50.3 Å². The average Bonchev–Trinajstić information content (AvgIpc) is 2.79. The molecule has 0 aliphatic heterocycles. The number of benzene rings is 2. The number of amides is 2. The summed E-state index contributed by atoms with van der Waals surface area (Å²) in [5, 5.41) is 5.55. The fraction of sp³-hybridized carbons (Fsp3) is 0.429. The highest BCUT2D eigenvalue weighted by Gasteiger charge is 2.28. The molecular formula is C28H36N2O4. The second kappa shape index (κ2) is 13.4. The number of hydrogen-bond donors (Lipinski definition) is 2. The predicted octanol–water partition coefficient (Wildman–Crippen LogP) is 3.59. The molecule has 2 amide bonds. The number of ketones is 1. The Morgan fingerprint density at radius 3 is 2.03 bits per heavy atom. The highest BCUT2D eigenvalue weighted by molar-refractivity contribution is 5.93. The molecule has 0 spiro atoms. The SMILES string of the molecule is CC(=O)N[C@@H](CC(C)C)C(=O)N[C@@H](Cc1ccccc1)C(=O)C[C@H](C=O)Cc1ccc(C)cc1. The second-order valence-electron chi connectivity index (χ2n) is 9.39. The van der Waals surface area contributed by atoms with Crippen LogP contribution < -0.4 is 10.6 Å². The quantitative estimate of drug-likeness (QED) is 0.443. The molecule has 2 rings (SSSR count). The van der Waals surface area contributed by atoms with Gasteiger partial charge in [-0.2, -0.15) is 0 Å². The summed E-state index contributed by atoms with van der Waals surface area (Å²) in [6.45, 7) is 7.30. The first-order chi connectivity index (χ1) is 16.2. The van der Waals surface area contributed by atoms with Gasteiger partial charge in [0.05, 0.1) is 6.04 Å². The molecule has 0 heterocycles. The van der Waals surface area contributed by atoms with E-state index in [1.54, 1.807) is 0 Å². The number of carbonyl (C=O) groups is 4. The Labute approximate surface area is 202 Å². The summed E-state index contributed by atoms with van der Waals surface area (Å²) in [5.74, 6) is -1.19. The summed E-state index contributed by atoms with van der Waals surface area (Å²) in [4.78, 5) is 49.8. The standard InChI is InChI=1S/C28H36N2O4/c1-19(2)14-26(29-21(4)32)28(34)30-25(16-22-8-6-5-7-9-22)27(33)17-24(18-31)15-23-12-10-20(3)11-13-23/h5-13,18-19,24-26H,14-17H2,1-4H3,(H,29,32)(H,30,34)/t24-,25+,26+/m1/s1. The topological polar surface area (TPSA) is 92.3 Å². The van der Waals surface area contributed by atoms with Gasteiger partial charge in [0, 0.05) is 19.3 Å². The summed E-state index contributed by atoms with van der Waals surface area (Å²) in [5.41, 5.74) is 3.02. The summed E-state index contributed by atoms with van der Waals surface area (Å²) in [6, 6.07) is 15.8. The molecule has 2 aromatic carbocycles. The second-order valence-corrected chi connectivity index (χ2v) is 9.39. The summed E-state index contributed by atoms with van der Waals surface area (Å²) < 4.78 is 0. The van der Waals surface area contributed by atoms with E-state index in [9.17, 15) is 19.2 Å². The van der Waals surface area contributed by atoms with Gasteiger partial charge in [-0.3, -0.25) is 14.4 Å². The molecule has 0 unspecified atom stereocenters. The van der Waals surface area contributed by atoms with E-state index in [-0.39, 0.29) is 29.9 Å². The Balaban J connectivity index is 2.17. The fourth-order valence-electron chi connectivity index (χ4n) is 3.91. The van der Waals surface area contributed by atoms with E-state index in [1.165, 1.54) is 6.92 Å². The first-order valence-electron chi connectivity index (χ1n) is 11.8. The molecule has 2 aromatic rings. The van der Waals surface area contributed by atoms with Crippen molar-refractivity contribution >= 4 is 23.9 Å². The number of rotatable bonds is 13. The van der Waals surface area contributed by atoms with E-state index < -0.39 is 18.0 Å². The Morgan fingerprint density at radius 1 is 0.853 bits per heavy atom. The van der Waals surface area contributed by atoms with Crippen molar-refractivity contribution in [3.05, 3.63) is 71.3 Å². The lowest BCUT2D eigenvalue weighted by atomic mass is 9.90.